The third-order valence-electron chi connectivity index (χ3n) is 3.20. The molecule has 1 N–H and O–H groups in total. The van der Waals surface area contributed by atoms with Crippen molar-refractivity contribution in [1.82, 2.24) is 0 Å². The van der Waals surface area contributed by atoms with Gasteiger partial charge in [0.05, 0.1) is 5.60 Å². The second-order valence-corrected chi connectivity index (χ2v) is 4.49. The van der Waals surface area contributed by atoms with Gasteiger partial charge in [0, 0.05) is 5.41 Å². The van der Waals surface area contributed by atoms with E-state index >= 15 is 0 Å². The number of allylic oxidation sites excluding steroid dienone is 2. The molecule has 0 aromatic rings. The molecule has 1 nitrogen and oxygen atoms in total. The fourth-order valence-electron chi connectivity index (χ4n) is 1.59. The first-order valence-corrected chi connectivity index (χ1v) is 4.38. The summed E-state index contributed by atoms with van der Waals surface area (Å²) >= 11 is 0. The second-order valence-electron chi connectivity index (χ2n) is 4.49. The normalized spacial score (nSPS) is 34.2. The molecule has 1 aliphatic rings. The minimum atomic E-state index is -0.712. The average Bonchev–Trinajstić information content (AvgIpc) is 1.82. The molecule has 0 aromatic heterocycles. The summed E-state index contributed by atoms with van der Waals surface area (Å²) in [6.45, 7) is 10.1. The van der Waals surface area contributed by atoms with Crippen molar-refractivity contribution in [3.63, 3.8) is 0 Å². The number of hydrogen-bond acceptors (Lipinski definition) is 1. The van der Waals surface area contributed by atoms with Crippen LogP contribution in [0.3, 0.4) is 0 Å². The maximum absolute atomic E-state index is 10.1. The standard InChI is InChI=1S/C11H18O/c1-8-6-9(2)10(3,4)11(5,12)7-8/h6-7,12H,1-5H3. The van der Waals surface area contributed by atoms with Crippen LogP contribution in [-0.2, 0) is 0 Å². The molecule has 1 aliphatic carbocycles. The first-order chi connectivity index (χ1) is 5.27. The Balaban J connectivity index is 3.18. The Morgan fingerprint density at radius 1 is 1.17 bits per heavy atom. The van der Waals surface area contributed by atoms with Gasteiger partial charge in [-0.2, -0.15) is 0 Å². The second kappa shape index (κ2) is 2.46. The van der Waals surface area contributed by atoms with Crippen molar-refractivity contribution in [2.75, 3.05) is 0 Å². The van der Waals surface area contributed by atoms with E-state index in [2.05, 4.69) is 26.8 Å². The minimum Gasteiger partial charge on any atom is -0.385 e. The molecule has 0 saturated heterocycles. The van der Waals surface area contributed by atoms with Crippen LogP contribution in [-0.4, -0.2) is 10.7 Å². The topological polar surface area (TPSA) is 20.2 Å². The quantitative estimate of drug-likeness (QED) is 0.586. The molecule has 0 spiro atoms. The van der Waals surface area contributed by atoms with Crippen LogP contribution in [0.5, 0.6) is 0 Å². The Morgan fingerprint density at radius 3 is 2.08 bits per heavy atom. The van der Waals surface area contributed by atoms with E-state index in [0.29, 0.717) is 0 Å². The Hall–Kier alpha value is -0.560. The molecule has 1 atom stereocenters. The van der Waals surface area contributed by atoms with E-state index in [-0.39, 0.29) is 5.41 Å². The van der Waals surface area contributed by atoms with Gasteiger partial charge in [-0.15, -0.1) is 0 Å². The first-order valence-electron chi connectivity index (χ1n) is 4.38. The zero-order valence-corrected chi connectivity index (χ0v) is 8.60. The molecule has 0 bridgehead atoms. The van der Waals surface area contributed by atoms with Crippen molar-refractivity contribution in [1.29, 1.82) is 0 Å². The van der Waals surface area contributed by atoms with Crippen molar-refractivity contribution in [2.45, 2.75) is 40.2 Å². The Labute approximate surface area is 74.8 Å². The van der Waals surface area contributed by atoms with Crippen molar-refractivity contribution in [3.05, 3.63) is 23.3 Å². The summed E-state index contributed by atoms with van der Waals surface area (Å²) in [4.78, 5) is 0. The summed E-state index contributed by atoms with van der Waals surface area (Å²) in [5.74, 6) is 0. The third kappa shape index (κ3) is 1.22. The highest BCUT2D eigenvalue weighted by Crippen LogP contribution is 2.42. The number of rotatable bonds is 0. The summed E-state index contributed by atoms with van der Waals surface area (Å²) in [5, 5.41) is 10.1. The minimum absolute atomic E-state index is 0.146. The predicted octanol–water partition coefficient (Wildman–Crippen LogP) is 2.67. The zero-order valence-electron chi connectivity index (χ0n) is 8.60. The van der Waals surface area contributed by atoms with Gasteiger partial charge in [-0.05, 0) is 26.8 Å². The number of aliphatic hydroxyl groups is 1. The predicted molar refractivity (Wildman–Crippen MR) is 51.9 cm³/mol. The van der Waals surface area contributed by atoms with E-state index in [4.69, 9.17) is 0 Å². The Kier molecular flexibility index (Phi) is 1.95. The molecule has 0 aliphatic heterocycles. The molecule has 0 radical (unpaired) electrons. The van der Waals surface area contributed by atoms with Gasteiger partial charge in [0.2, 0.25) is 0 Å². The maximum atomic E-state index is 10.1. The molecule has 0 fully saturated rings. The lowest BCUT2D eigenvalue weighted by Crippen LogP contribution is -2.42. The fourth-order valence-corrected chi connectivity index (χ4v) is 1.59. The molecular formula is C11H18O. The molecule has 0 amide bonds. The lowest BCUT2D eigenvalue weighted by Gasteiger charge is -2.42. The molecule has 1 rings (SSSR count). The smallest absolute Gasteiger partial charge is 0.0892 e. The van der Waals surface area contributed by atoms with Crippen LogP contribution < -0.4 is 0 Å². The van der Waals surface area contributed by atoms with E-state index in [9.17, 15) is 5.11 Å². The summed E-state index contributed by atoms with van der Waals surface area (Å²) < 4.78 is 0. The number of hydrogen-bond donors (Lipinski definition) is 1. The molecule has 1 unspecified atom stereocenters. The molecule has 0 heterocycles. The SMILES string of the molecule is CC1=CC(C)(O)C(C)(C)C(C)=C1. The molecular weight excluding hydrogens is 148 g/mol. The van der Waals surface area contributed by atoms with E-state index in [1.807, 2.05) is 19.9 Å². The van der Waals surface area contributed by atoms with E-state index < -0.39 is 5.60 Å². The zero-order chi connectivity index (χ0) is 9.57. The molecule has 0 aromatic carbocycles. The van der Waals surface area contributed by atoms with Gasteiger partial charge in [-0.25, -0.2) is 0 Å². The lowest BCUT2D eigenvalue weighted by molar-refractivity contribution is 0.0116. The molecule has 0 saturated carbocycles. The highest BCUT2D eigenvalue weighted by Gasteiger charge is 2.40. The molecule has 12 heavy (non-hydrogen) atoms. The largest absolute Gasteiger partial charge is 0.385 e. The van der Waals surface area contributed by atoms with E-state index in [1.54, 1.807) is 0 Å². The van der Waals surface area contributed by atoms with Gasteiger partial charge < -0.3 is 5.11 Å². The van der Waals surface area contributed by atoms with Crippen LogP contribution in [0.1, 0.15) is 34.6 Å². The van der Waals surface area contributed by atoms with Crippen LogP contribution >= 0.6 is 0 Å². The van der Waals surface area contributed by atoms with Crippen molar-refractivity contribution in [3.8, 4) is 0 Å². The summed E-state index contributed by atoms with van der Waals surface area (Å²) in [5.41, 5.74) is 1.53. The van der Waals surface area contributed by atoms with Gasteiger partial charge >= 0.3 is 0 Å². The fraction of sp³-hybridized carbons (Fsp3) is 0.636. The first kappa shape index (κ1) is 9.53. The van der Waals surface area contributed by atoms with E-state index in [1.165, 1.54) is 5.57 Å². The van der Waals surface area contributed by atoms with Crippen molar-refractivity contribution >= 4 is 0 Å². The average molecular weight is 166 g/mol. The monoisotopic (exact) mass is 166 g/mol. The van der Waals surface area contributed by atoms with Crippen molar-refractivity contribution in [2.24, 2.45) is 5.41 Å². The van der Waals surface area contributed by atoms with Crippen LogP contribution in [0.2, 0.25) is 0 Å². The van der Waals surface area contributed by atoms with Crippen LogP contribution in [0.15, 0.2) is 23.3 Å². The van der Waals surface area contributed by atoms with Gasteiger partial charge in [0.25, 0.3) is 0 Å². The highest BCUT2D eigenvalue weighted by molar-refractivity contribution is 5.36. The van der Waals surface area contributed by atoms with Gasteiger partial charge in [-0.3, -0.25) is 0 Å². The third-order valence-corrected chi connectivity index (χ3v) is 3.20. The summed E-state index contributed by atoms with van der Waals surface area (Å²) in [6.07, 6.45) is 4.07. The van der Waals surface area contributed by atoms with Crippen LogP contribution in [0.4, 0.5) is 0 Å². The summed E-state index contributed by atoms with van der Waals surface area (Å²) in [7, 11) is 0. The van der Waals surface area contributed by atoms with E-state index in [0.717, 1.165) is 5.57 Å². The Bertz CT molecular complexity index is 254. The lowest BCUT2D eigenvalue weighted by atomic mass is 9.67. The maximum Gasteiger partial charge on any atom is 0.0892 e. The van der Waals surface area contributed by atoms with Crippen LogP contribution in [0, 0.1) is 5.41 Å². The Morgan fingerprint density at radius 2 is 1.67 bits per heavy atom. The molecule has 1 heteroatoms. The van der Waals surface area contributed by atoms with Crippen molar-refractivity contribution < 1.29 is 5.11 Å². The molecule has 68 valence electrons. The summed E-state index contributed by atoms with van der Waals surface area (Å²) in [6, 6.07) is 0. The highest BCUT2D eigenvalue weighted by atomic mass is 16.3. The van der Waals surface area contributed by atoms with Crippen LogP contribution in [0.25, 0.3) is 0 Å². The van der Waals surface area contributed by atoms with Gasteiger partial charge in [0.1, 0.15) is 0 Å². The van der Waals surface area contributed by atoms with Gasteiger partial charge in [-0.1, -0.05) is 31.1 Å². The van der Waals surface area contributed by atoms with Gasteiger partial charge in [0.15, 0.2) is 0 Å².